The van der Waals surface area contributed by atoms with Crippen molar-refractivity contribution in [1.82, 2.24) is 4.90 Å². The molecule has 1 atom stereocenters. The summed E-state index contributed by atoms with van der Waals surface area (Å²) in [5, 5.41) is 4.29. The molecule has 182 valence electrons. The number of ether oxygens (including phenoxy) is 1. The van der Waals surface area contributed by atoms with Crippen LogP contribution in [0.1, 0.15) is 17.3 Å². The van der Waals surface area contributed by atoms with Crippen LogP contribution in [0.4, 0.5) is 11.4 Å². The van der Waals surface area contributed by atoms with Gasteiger partial charge in [0.2, 0.25) is 0 Å². The molecular formula is C27H28ClN3O4. The maximum Gasteiger partial charge on any atom is 0.267 e. The lowest BCUT2D eigenvalue weighted by Crippen LogP contribution is -2.50. The highest BCUT2D eigenvalue weighted by molar-refractivity contribution is 6.34. The summed E-state index contributed by atoms with van der Waals surface area (Å²) in [4.78, 5) is 33.4. The zero-order valence-corrected chi connectivity index (χ0v) is 20.5. The van der Waals surface area contributed by atoms with Crippen molar-refractivity contribution in [2.24, 2.45) is 0 Å². The molecule has 3 aromatic carbocycles. The lowest BCUT2D eigenvalue weighted by Gasteiger charge is -2.33. The van der Waals surface area contributed by atoms with Gasteiger partial charge in [0.1, 0.15) is 0 Å². The minimum absolute atomic E-state index is 0.217. The second-order valence-electron chi connectivity index (χ2n) is 8.20. The number of anilines is 2. The highest BCUT2D eigenvalue weighted by Gasteiger charge is 2.29. The van der Waals surface area contributed by atoms with Crippen molar-refractivity contribution in [2.75, 3.05) is 43.8 Å². The van der Waals surface area contributed by atoms with Crippen molar-refractivity contribution in [1.29, 1.82) is 0 Å². The lowest BCUT2D eigenvalue weighted by molar-refractivity contribution is -0.131. The number of rotatable bonds is 7. The van der Waals surface area contributed by atoms with Crippen LogP contribution in [0.3, 0.4) is 0 Å². The minimum Gasteiger partial charge on any atom is -0.379 e. The number of morpholine rings is 1. The van der Waals surface area contributed by atoms with Gasteiger partial charge in [0.05, 0.1) is 42.6 Å². The molecule has 1 aliphatic heterocycles. The standard InChI is InChI=1S/C27H28ClN3O4/c1-19(30-14-16-35-17-15-30)27(33)31(34-2)23-12-13-24(25(28)18-23)26(32)29-22-10-8-21(9-11-22)20-6-4-3-5-7-20/h3-13,18-19H,14-17H2,1-2H3,(H,29,32). The summed E-state index contributed by atoms with van der Waals surface area (Å²) in [5.41, 5.74) is 3.56. The Morgan fingerprint density at radius 1 is 1.00 bits per heavy atom. The van der Waals surface area contributed by atoms with E-state index in [-0.39, 0.29) is 22.9 Å². The average molecular weight is 494 g/mol. The largest absolute Gasteiger partial charge is 0.379 e. The second kappa shape index (κ2) is 11.5. The number of carbonyl (C=O) groups is 2. The Kier molecular flexibility index (Phi) is 8.15. The molecule has 1 heterocycles. The molecular weight excluding hydrogens is 466 g/mol. The van der Waals surface area contributed by atoms with Gasteiger partial charge in [0.15, 0.2) is 0 Å². The van der Waals surface area contributed by atoms with E-state index in [0.29, 0.717) is 43.2 Å². The van der Waals surface area contributed by atoms with Gasteiger partial charge in [-0.2, -0.15) is 5.06 Å². The molecule has 7 nitrogen and oxygen atoms in total. The Morgan fingerprint density at radius 2 is 1.66 bits per heavy atom. The zero-order valence-electron chi connectivity index (χ0n) is 19.7. The Hall–Kier alpha value is -3.23. The van der Waals surface area contributed by atoms with Crippen LogP contribution >= 0.6 is 11.6 Å². The van der Waals surface area contributed by atoms with Gasteiger partial charge >= 0.3 is 0 Å². The number of hydrogen-bond acceptors (Lipinski definition) is 5. The summed E-state index contributed by atoms with van der Waals surface area (Å²) >= 11 is 6.45. The summed E-state index contributed by atoms with van der Waals surface area (Å²) in [6.45, 7) is 4.38. The van der Waals surface area contributed by atoms with E-state index in [9.17, 15) is 9.59 Å². The van der Waals surface area contributed by atoms with Crippen LogP contribution in [0.15, 0.2) is 72.8 Å². The summed E-state index contributed by atoms with van der Waals surface area (Å²) in [7, 11) is 1.43. The predicted molar refractivity (Wildman–Crippen MR) is 138 cm³/mol. The third kappa shape index (κ3) is 5.89. The third-order valence-corrected chi connectivity index (χ3v) is 6.33. The topological polar surface area (TPSA) is 71.1 Å². The SMILES string of the molecule is CON(C(=O)C(C)N1CCOCC1)c1ccc(C(=O)Nc2ccc(-c3ccccc3)cc2)c(Cl)c1. The fraction of sp³-hybridized carbons (Fsp3) is 0.259. The number of nitrogens with one attached hydrogen (secondary N) is 1. The number of amides is 2. The van der Waals surface area contributed by atoms with Crippen molar-refractivity contribution in [3.05, 3.63) is 83.4 Å². The van der Waals surface area contributed by atoms with E-state index in [4.69, 9.17) is 21.2 Å². The fourth-order valence-electron chi connectivity index (χ4n) is 4.00. The molecule has 0 aliphatic carbocycles. The number of hydrogen-bond donors (Lipinski definition) is 1. The predicted octanol–water partition coefficient (Wildman–Crippen LogP) is 4.87. The molecule has 1 N–H and O–H groups in total. The first-order valence-electron chi connectivity index (χ1n) is 11.4. The monoisotopic (exact) mass is 493 g/mol. The lowest BCUT2D eigenvalue weighted by atomic mass is 10.1. The summed E-state index contributed by atoms with van der Waals surface area (Å²) in [6, 6.07) is 22.0. The molecule has 3 aromatic rings. The number of carbonyl (C=O) groups excluding carboxylic acids is 2. The maximum absolute atomic E-state index is 13.1. The molecule has 1 aliphatic rings. The van der Waals surface area contributed by atoms with Crippen molar-refractivity contribution in [2.45, 2.75) is 13.0 Å². The van der Waals surface area contributed by atoms with Crippen molar-refractivity contribution in [3.63, 3.8) is 0 Å². The molecule has 1 fully saturated rings. The molecule has 35 heavy (non-hydrogen) atoms. The van der Waals surface area contributed by atoms with Crippen LogP contribution < -0.4 is 10.4 Å². The highest BCUT2D eigenvalue weighted by atomic mass is 35.5. The molecule has 0 radical (unpaired) electrons. The minimum atomic E-state index is -0.389. The van der Waals surface area contributed by atoms with Crippen LogP contribution in [-0.2, 0) is 14.4 Å². The van der Waals surface area contributed by atoms with E-state index in [0.717, 1.165) is 11.1 Å². The van der Waals surface area contributed by atoms with Gasteiger partial charge in [-0.15, -0.1) is 0 Å². The molecule has 0 aromatic heterocycles. The van der Waals surface area contributed by atoms with Gasteiger partial charge in [-0.1, -0.05) is 54.1 Å². The van der Waals surface area contributed by atoms with E-state index in [1.165, 1.54) is 12.2 Å². The number of hydroxylamine groups is 1. The molecule has 0 bridgehead atoms. The number of benzene rings is 3. The normalized spacial score (nSPS) is 14.8. The van der Waals surface area contributed by atoms with Crippen LogP contribution in [0.5, 0.6) is 0 Å². The maximum atomic E-state index is 13.1. The Bertz CT molecular complexity index is 1160. The Morgan fingerprint density at radius 3 is 2.29 bits per heavy atom. The molecule has 0 saturated carbocycles. The van der Waals surface area contributed by atoms with Crippen molar-refractivity contribution < 1.29 is 19.2 Å². The first-order chi connectivity index (χ1) is 17.0. The van der Waals surface area contributed by atoms with Gasteiger partial charge < -0.3 is 10.1 Å². The molecule has 2 amide bonds. The van der Waals surface area contributed by atoms with Crippen LogP contribution in [0.25, 0.3) is 11.1 Å². The molecule has 4 rings (SSSR count). The van der Waals surface area contributed by atoms with Gasteiger partial charge in [0.25, 0.3) is 11.8 Å². The van der Waals surface area contributed by atoms with Crippen LogP contribution in [-0.4, -0.2) is 56.2 Å². The van der Waals surface area contributed by atoms with Crippen molar-refractivity contribution >= 4 is 34.8 Å². The smallest absolute Gasteiger partial charge is 0.267 e. The van der Waals surface area contributed by atoms with E-state index in [1.807, 2.05) is 66.4 Å². The Balaban J connectivity index is 1.44. The van der Waals surface area contributed by atoms with Crippen LogP contribution in [0, 0.1) is 0 Å². The molecule has 1 saturated heterocycles. The molecule has 1 unspecified atom stereocenters. The van der Waals surface area contributed by atoms with Gasteiger partial charge in [0, 0.05) is 18.8 Å². The van der Waals surface area contributed by atoms with Gasteiger partial charge in [-0.25, -0.2) is 0 Å². The molecule has 0 spiro atoms. The highest BCUT2D eigenvalue weighted by Crippen LogP contribution is 2.27. The van der Waals surface area contributed by atoms with Gasteiger partial charge in [-0.05, 0) is 48.4 Å². The van der Waals surface area contributed by atoms with E-state index < -0.39 is 0 Å². The van der Waals surface area contributed by atoms with E-state index in [1.54, 1.807) is 18.2 Å². The first-order valence-corrected chi connectivity index (χ1v) is 11.8. The summed E-state index contributed by atoms with van der Waals surface area (Å²) in [6.07, 6.45) is 0. The first kappa shape index (κ1) is 24.9. The summed E-state index contributed by atoms with van der Waals surface area (Å²) < 4.78 is 5.37. The zero-order chi connectivity index (χ0) is 24.8. The van der Waals surface area contributed by atoms with Crippen LogP contribution in [0.2, 0.25) is 5.02 Å². The molecule has 8 heteroatoms. The fourth-order valence-corrected chi connectivity index (χ4v) is 4.26. The Labute approximate surface area is 210 Å². The van der Waals surface area contributed by atoms with E-state index in [2.05, 4.69) is 5.32 Å². The quantitative estimate of drug-likeness (QED) is 0.475. The number of nitrogens with zero attached hydrogens (tertiary/aromatic N) is 2. The number of halogens is 1. The third-order valence-electron chi connectivity index (χ3n) is 6.02. The second-order valence-corrected chi connectivity index (χ2v) is 8.61. The summed E-state index contributed by atoms with van der Waals surface area (Å²) in [5.74, 6) is -0.563. The van der Waals surface area contributed by atoms with Crippen molar-refractivity contribution in [3.8, 4) is 11.1 Å². The van der Waals surface area contributed by atoms with E-state index >= 15 is 0 Å². The average Bonchev–Trinajstić information content (AvgIpc) is 2.90. The van der Waals surface area contributed by atoms with Gasteiger partial charge in [-0.3, -0.25) is 19.3 Å².